The molecule has 6 nitrogen and oxygen atoms in total. The van der Waals surface area contributed by atoms with Gasteiger partial charge in [-0.3, -0.25) is 4.79 Å². The molecule has 0 aromatic heterocycles. The highest BCUT2D eigenvalue weighted by molar-refractivity contribution is 7.89. The summed E-state index contributed by atoms with van der Waals surface area (Å²) in [6.45, 7) is 0.0858. The summed E-state index contributed by atoms with van der Waals surface area (Å²) in [6, 6.07) is 5.68. The monoisotopic (exact) mass is 436 g/mol. The molecule has 0 atom stereocenters. The molecule has 1 aliphatic carbocycles. The van der Waals surface area contributed by atoms with Gasteiger partial charge in [0.05, 0.1) is 5.56 Å². The van der Waals surface area contributed by atoms with Crippen LogP contribution in [0.5, 0.6) is 5.75 Å². The first kappa shape index (κ1) is 20.7. The Kier molecular flexibility index (Phi) is 5.50. The van der Waals surface area contributed by atoms with Crippen molar-refractivity contribution in [1.82, 2.24) is 9.21 Å². The minimum Gasteiger partial charge on any atom is -0.507 e. The van der Waals surface area contributed by atoms with E-state index in [0.29, 0.717) is 6.07 Å². The zero-order valence-corrected chi connectivity index (χ0v) is 17.1. The van der Waals surface area contributed by atoms with Crippen molar-refractivity contribution in [3.05, 3.63) is 58.7 Å². The van der Waals surface area contributed by atoms with Crippen LogP contribution in [0.2, 0.25) is 0 Å². The third kappa shape index (κ3) is 3.79. The molecule has 2 aliphatic rings. The predicted octanol–water partition coefficient (Wildman–Crippen LogP) is 2.70. The molecule has 0 bridgehead atoms. The Bertz CT molecular complexity index is 1100. The number of hydrogen-bond donors (Lipinski definition) is 1. The number of piperazine rings is 1. The van der Waals surface area contributed by atoms with Gasteiger partial charge in [0.1, 0.15) is 22.3 Å². The Balaban J connectivity index is 1.49. The number of carbonyl (C=O) groups excluding carboxylic acids is 1. The van der Waals surface area contributed by atoms with E-state index in [0.717, 1.165) is 53.2 Å². The predicted molar refractivity (Wildman–Crippen MR) is 106 cm³/mol. The molecular weight excluding hydrogens is 414 g/mol. The number of rotatable bonds is 3. The number of amides is 1. The van der Waals surface area contributed by atoms with Crippen LogP contribution in [0, 0.1) is 11.6 Å². The fourth-order valence-electron chi connectivity index (χ4n) is 4.06. The molecule has 0 unspecified atom stereocenters. The summed E-state index contributed by atoms with van der Waals surface area (Å²) < 4.78 is 53.8. The number of fused-ring (bicyclic) bond motifs is 1. The van der Waals surface area contributed by atoms with Crippen LogP contribution in [-0.4, -0.2) is 54.8 Å². The molecule has 9 heteroatoms. The van der Waals surface area contributed by atoms with E-state index in [4.69, 9.17) is 0 Å². The summed E-state index contributed by atoms with van der Waals surface area (Å²) in [5, 5.41) is 10.3. The molecule has 30 heavy (non-hydrogen) atoms. The third-order valence-corrected chi connectivity index (χ3v) is 7.64. The number of phenolic OH excluding ortho intramolecular Hbond substituents is 1. The highest BCUT2D eigenvalue weighted by Gasteiger charge is 2.33. The average Bonchev–Trinajstić information content (AvgIpc) is 2.74. The molecule has 2 aromatic carbocycles. The summed E-state index contributed by atoms with van der Waals surface area (Å²) in [4.78, 5) is 13.7. The smallest absolute Gasteiger partial charge is 0.257 e. The van der Waals surface area contributed by atoms with Crippen LogP contribution in [0.4, 0.5) is 8.78 Å². The Labute approximate surface area is 173 Å². The van der Waals surface area contributed by atoms with Crippen LogP contribution in [0.1, 0.15) is 34.3 Å². The van der Waals surface area contributed by atoms with Gasteiger partial charge in [0.25, 0.3) is 5.91 Å². The fraction of sp³-hybridized carbons (Fsp3) is 0.381. The average molecular weight is 436 g/mol. The number of benzene rings is 2. The number of aromatic hydroxyl groups is 1. The number of aryl methyl sites for hydroxylation is 2. The first-order chi connectivity index (χ1) is 14.3. The van der Waals surface area contributed by atoms with Crippen LogP contribution in [0.3, 0.4) is 0 Å². The molecule has 2 aromatic rings. The molecule has 1 fully saturated rings. The molecule has 0 spiro atoms. The lowest BCUT2D eigenvalue weighted by Gasteiger charge is -2.34. The lowest BCUT2D eigenvalue weighted by atomic mass is 9.89. The molecular formula is C21H22F2N2O4S. The first-order valence-corrected chi connectivity index (χ1v) is 11.3. The SMILES string of the molecule is O=C(c1cc2c(cc1O)CCCC2)N1CCN(S(=O)(=O)c2cc(F)ccc2F)CC1. The molecule has 0 radical (unpaired) electrons. The third-order valence-electron chi connectivity index (χ3n) is 5.73. The van der Waals surface area contributed by atoms with E-state index in [1.165, 1.54) is 4.90 Å². The van der Waals surface area contributed by atoms with Gasteiger partial charge in [-0.2, -0.15) is 4.31 Å². The lowest BCUT2D eigenvalue weighted by molar-refractivity contribution is 0.0694. The Morgan fingerprint density at radius 1 is 0.933 bits per heavy atom. The number of hydrogen-bond acceptors (Lipinski definition) is 4. The maximum atomic E-state index is 14.0. The van der Waals surface area contributed by atoms with E-state index in [9.17, 15) is 27.1 Å². The van der Waals surface area contributed by atoms with Crippen molar-refractivity contribution in [2.24, 2.45) is 0 Å². The Morgan fingerprint density at radius 3 is 2.23 bits per heavy atom. The summed E-state index contributed by atoms with van der Waals surface area (Å²) in [5.41, 5.74) is 2.33. The van der Waals surface area contributed by atoms with Gasteiger partial charge >= 0.3 is 0 Å². The van der Waals surface area contributed by atoms with E-state index in [1.54, 1.807) is 12.1 Å². The zero-order chi connectivity index (χ0) is 21.5. The second-order valence-electron chi connectivity index (χ2n) is 7.62. The van der Waals surface area contributed by atoms with Gasteiger partial charge in [-0.15, -0.1) is 0 Å². The number of phenols is 1. The van der Waals surface area contributed by atoms with E-state index in [2.05, 4.69) is 0 Å². The number of sulfonamides is 1. The van der Waals surface area contributed by atoms with Crippen molar-refractivity contribution in [3.8, 4) is 5.75 Å². The Morgan fingerprint density at radius 2 is 1.57 bits per heavy atom. The summed E-state index contributed by atoms with van der Waals surface area (Å²) in [7, 11) is -4.22. The van der Waals surface area contributed by atoms with Crippen LogP contribution in [0.15, 0.2) is 35.2 Å². The van der Waals surface area contributed by atoms with Gasteiger partial charge < -0.3 is 10.0 Å². The van der Waals surface area contributed by atoms with Gasteiger partial charge in [0.2, 0.25) is 10.0 Å². The molecule has 1 amide bonds. The number of halogens is 2. The maximum absolute atomic E-state index is 14.0. The molecule has 160 valence electrons. The minimum absolute atomic E-state index is 0.0459. The maximum Gasteiger partial charge on any atom is 0.257 e. The largest absolute Gasteiger partial charge is 0.507 e. The van der Waals surface area contributed by atoms with Gasteiger partial charge in [0.15, 0.2) is 0 Å². The van der Waals surface area contributed by atoms with Crippen molar-refractivity contribution in [2.75, 3.05) is 26.2 Å². The molecule has 4 rings (SSSR count). The van der Waals surface area contributed by atoms with Gasteiger partial charge in [-0.1, -0.05) is 0 Å². The van der Waals surface area contributed by atoms with Gasteiger partial charge in [-0.05, 0) is 67.1 Å². The highest BCUT2D eigenvalue weighted by Crippen LogP contribution is 2.30. The summed E-state index contributed by atoms with van der Waals surface area (Å²) >= 11 is 0. The molecule has 1 N–H and O–H groups in total. The Hall–Kier alpha value is -2.52. The van der Waals surface area contributed by atoms with E-state index in [1.807, 2.05) is 0 Å². The van der Waals surface area contributed by atoms with Crippen LogP contribution in [0.25, 0.3) is 0 Å². The number of carbonyl (C=O) groups is 1. The second-order valence-corrected chi connectivity index (χ2v) is 9.52. The lowest BCUT2D eigenvalue weighted by Crippen LogP contribution is -2.50. The van der Waals surface area contributed by atoms with E-state index < -0.39 is 26.6 Å². The van der Waals surface area contributed by atoms with Crippen molar-refractivity contribution < 1.29 is 27.1 Å². The molecule has 0 saturated carbocycles. The zero-order valence-electron chi connectivity index (χ0n) is 16.3. The topological polar surface area (TPSA) is 77.9 Å². The number of nitrogens with zero attached hydrogens (tertiary/aromatic N) is 2. The fourth-order valence-corrected chi connectivity index (χ4v) is 5.56. The molecule has 1 heterocycles. The van der Waals surface area contributed by atoms with Crippen LogP contribution >= 0.6 is 0 Å². The molecule has 1 aliphatic heterocycles. The standard InChI is InChI=1S/C21H22F2N2O4S/c22-16-5-6-18(23)20(13-16)30(28,29)25-9-7-24(8-10-25)21(27)17-11-14-3-1-2-4-15(14)12-19(17)26/h5-6,11-13,26H,1-4,7-10H2. The van der Waals surface area contributed by atoms with E-state index in [-0.39, 0.29) is 43.4 Å². The quantitative estimate of drug-likeness (QED) is 0.803. The highest BCUT2D eigenvalue weighted by atomic mass is 32.2. The van der Waals surface area contributed by atoms with Crippen LogP contribution in [-0.2, 0) is 22.9 Å². The van der Waals surface area contributed by atoms with Crippen molar-refractivity contribution in [3.63, 3.8) is 0 Å². The minimum atomic E-state index is -4.22. The second kappa shape index (κ2) is 7.96. The summed E-state index contributed by atoms with van der Waals surface area (Å²) in [6.07, 6.45) is 3.84. The first-order valence-electron chi connectivity index (χ1n) is 9.86. The molecule has 1 saturated heterocycles. The van der Waals surface area contributed by atoms with Crippen molar-refractivity contribution >= 4 is 15.9 Å². The van der Waals surface area contributed by atoms with Gasteiger partial charge in [0, 0.05) is 26.2 Å². The van der Waals surface area contributed by atoms with Crippen molar-refractivity contribution in [2.45, 2.75) is 30.6 Å². The summed E-state index contributed by atoms with van der Waals surface area (Å²) in [5.74, 6) is -2.30. The van der Waals surface area contributed by atoms with Crippen molar-refractivity contribution in [1.29, 1.82) is 0 Å². The normalized spacial score (nSPS) is 17.6. The van der Waals surface area contributed by atoms with Gasteiger partial charge in [-0.25, -0.2) is 17.2 Å². The van der Waals surface area contributed by atoms with Crippen LogP contribution < -0.4 is 0 Å². The van der Waals surface area contributed by atoms with E-state index >= 15 is 0 Å².